The summed E-state index contributed by atoms with van der Waals surface area (Å²) in [7, 11) is 0. The summed E-state index contributed by atoms with van der Waals surface area (Å²) in [5, 5.41) is 13.5. The average Bonchev–Trinajstić information content (AvgIpc) is 2.51. The fourth-order valence-corrected chi connectivity index (χ4v) is 3.08. The number of nitro benzene ring substituents is 1. The summed E-state index contributed by atoms with van der Waals surface area (Å²) in [5.74, 6) is 0.0122. The number of amides is 1. The lowest BCUT2D eigenvalue weighted by atomic mass is 10.2. The Kier molecular flexibility index (Phi) is 6.20. The van der Waals surface area contributed by atoms with Crippen molar-refractivity contribution in [2.75, 3.05) is 5.32 Å². The van der Waals surface area contributed by atoms with Crippen LogP contribution in [0.25, 0.3) is 0 Å². The van der Waals surface area contributed by atoms with Crippen LogP contribution in [-0.2, 0) is 4.79 Å². The van der Waals surface area contributed by atoms with Crippen molar-refractivity contribution < 1.29 is 14.5 Å². The van der Waals surface area contributed by atoms with Gasteiger partial charge in [0.2, 0.25) is 0 Å². The second kappa shape index (κ2) is 7.96. The van der Waals surface area contributed by atoms with E-state index in [1.807, 2.05) is 0 Å². The van der Waals surface area contributed by atoms with Crippen LogP contribution in [0.3, 0.4) is 0 Å². The molecule has 1 unspecified atom stereocenters. The van der Waals surface area contributed by atoms with E-state index >= 15 is 0 Å². The van der Waals surface area contributed by atoms with Crippen LogP contribution in [0.15, 0.2) is 45.3 Å². The van der Waals surface area contributed by atoms with Crippen LogP contribution in [0.4, 0.5) is 11.4 Å². The van der Waals surface area contributed by atoms with Gasteiger partial charge in [0.15, 0.2) is 6.10 Å². The molecule has 1 N–H and O–H groups in total. The van der Waals surface area contributed by atoms with E-state index in [2.05, 4.69) is 37.2 Å². The molecule has 0 saturated carbocycles. The lowest BCUT2D eigenvalue weighted by molar-refractivity contribution is -0.384. The molecule has 0 bridgehead atoms. The third kappa shape index (κ3) is 4.68. The predicted molar refractivity (Wildman–Crippen MR) is 98.7 cm³/mol. The van der Waals surface area contributed by atoms with E-state index in [0.29, 0.717) is 10.2 Å². The molecule has 9 heteroatoms. The van der Waals surface area contributed by atoms with Crippen molar-refractivity contribution in [1.29, 1.82) is 0 Å². The van der Waals surface area contributed by atoms with Gasteiger partial charge in [-0.2, -0.15) is 0 Å². The second-order valence-electron chi connectivity index (χ2n) is 4.75. The van der Waals surface area contributed by atoms with E-state index < -0.39 is 16.9 Å². The highest BCUT2D eigenvalue weighted by Crippen LogP contribution is 2.30. The zero-order valence-electron chi connectivity index (χ0n) is 12.3. The number of hydrogen-bond acceptors (Lipinski definition) is 4. The molecule has 0 saturated heterocycles. The van der Waals surface area contributed by atoms with E-state index in [0.717, 1.165) is 4.47 Å². The summed E-state index contributed by atoms with van der Waals surface area (Å²) in [5.41, 5.74) is -0.0138. The maximum absolute atomic E-state index is 12.2. The zero-order chi connectivity index (χ0) is 17.9. The molecule has 126 valence electrons. The highest BCUT2D eigenvalue weighted by molar-refractivity contribution is 9.11. The van der Waals surface area contributed by atoms with Crippen LogP contribution >= 0.6 is 43.5 Å². The molecule has 0 heterocycles. The Morgan fingerprint density at radius 2 is 2.00 bits per heavy atom. The topological polar surface area (TPSA) is 81.5 Å². The number of ether oxygens (including phenoxy) is 1. The number of carbonyl (C=O) groups excluding carboxylic acids is 1. The monoisotopic (exact) mass is 476 g/mol. The van der Waals surface area contributed by atoms with Gasteiger partial charge in [-0.05, 0) is 47.1 Å². The molecule has 0 aliphatic heterocycles. The van der Waals surface area contributed by atoms with Gasteiger partial charge in [0.05, 0.1) is 20.1 Å². The van der Waals surface area contributed by atoms with Gasteiger partial charge in [-0.1, -0.05) is 27.5 Å². The summed E-state index contributed by atoms with van der Waals surface area (Å²) in [6, 6.07) is 9.09. The van der Waals surface area contributed by atoms with Crippen molar-refractivity contribution in [3.8, 4) is 5.75 Å². The van der Waals surface area contributed by atoms with Crippen molar-refractivity contribution >= 4 is 60.7 Å². The Balaban J connectivity index is 2.11. The third-order valence-electron chi connectivity index (χ3n) is 2.99. The number of anilines is 1. The van der Waals surface area contributed by atoms with E-state index in [1.165, 1.54) is 18.2 Å². The van der Waals surface area contributed by atoms with Crippen LogP contribution < -0.4 is 10.1 Å². The second-order valence-corrected chi connectivity index (χ2v) is 6.92. The molecule has 6 nitrogen and oxygen atoms in total. The van der Waals surface area contributed by atoms with E-state index in [9.17, 15) is 14.9 Å². The van der Waals surface area contributed by atoms with Crippen molar-refractivity contribution in [2.24, 2.45) is 0 Å². The molecule has 1 atom stereocenters. The first kappa shape index (κ1) is 18.7. The van der Waals surface area contributed by atoms with Crippen LogP contribution in [-0.4, -0.2) is 16.9 Å². The molecule has 2 aromatic carbocycles. The molecule has 0 radical (unpaired) electrons. The Labute approximate surface area is 159 Å². The molecule has 0 fully saturated rings. The lowest BCUT2D eigenvalue weighted by Gasteiger charge is -2.16. The van der Waals surface area contributed by atoms with Crippen molar-refractivity contribution in [1.82, 2.24) is 0 Å². The number of rotatable bonds is 5. The Morgan fingerprint density at radius 1 is 1.29 bits per heavy atom. The zero-order valence-corrected chi connectivity index (χ0v) is 16.2. The van der Waals surface area contributed by atoms with Gasteiger partial charge < -0.3 is 10.1 Å². The molecule has 0 spiro atoms. The van der Waals surface area contributed by atoms with Crippen molar-refractivity contribution in [3.05, 3.63) is 60.5 Å². The maximum atomic E-state index is 12.2. The Hall–Kier alpha value is -1.64. The SMILES string of the molecule is CC(Oc1ccc(Br)cc1Br)C(=O)Nc1cc([N+](=O)[O-])ccc1Cl. The van der Waals surface area contributed by atoms with E-state index in [4.69, 9.17) is 16.3 Å². The molecule has 0 aliphatic carbocycles. The molecule has 0 aromatic heterocycles. The fraction of sp³-hybridized carbons (Fsp3) is 0.133. The molecule has 2 rings (SSSR count). The molecule has 1 amide bonds. The summed E-state index contributed by atoms with van der Waals surface area (Å²) < 4.78 is 7.14. The quantitative estimate of drug-likeness (QED) is 0.474. The third-order valence-corrected chi connectivity index (χ3v) is 4.43. The summed E-state index contributed by atoms with van der Waals surface area (Å²) >= 11 is 12.6. The summed E-state index contributed by atoms with van der Waals surface area (Å²) in [6.07, 6.45) is -0.835. The van der Waals surface area contributed by atoms with Gasteiger partial charge in [-0.3, -0.25) is 14.9 Å². The largest absolute Gasteiger partial charge is 0.480 e. The molecule has 0 aliphatic rings. The molecule has 2 aromatic rings. The van der Waals surface area contributed by atoms with Gasteiger partial charge in [0.1, 0.15) is 5.75 Å². The summed E-state index contributed by atoms with van der Waals surface area (Å²) in [4.78, 5) is 22.5. The standard InChI is InChI=1S/C15H11Br2ClN2O4/c1-8(24-14-5-2-9(16)6-11(14)17)15(21)19-13-7-10(20(22)23)3-4-12(13)18/h2-8H,1H3,(H,19,21). The molecule has 24 heavy (non-hydrogen) atoms. The molecular weight excluding hydrogens is 467 g/mol. The first-order valence-electron chi connectivity index (χ1n) is 6.64. The minimum atomic E-state index is -0.835. The minimum absolute atomic E-state index is 0.154. The average molecular weight is 479 g/mol. The number of nitrogens with one attached hydrogen (secondary N) is 1. The van der Waals surface area contributed by atoms with E-state index in [-0.39, 0.29) is 16.4 Å². The van der Waals surface area contributed by atoms with Crippen LogP contribution in [0.5, 0.6) is 5.75 Å². The van der Waals surface area contributed by atoms with E-state index in [1.54, 1.807) is 25.1 Å². The minimum Gasteiger partial charge on any atom is -0.480 e. The van der Waals surface area contributed by atoms with Gasteiger partial charge in [-0.15, -0.1) is 0 Å². The lowest BCUT2D eigenvalue weighted by Crippen LogP contribution is -2.30. The Morgan fingerprint density at radius 3 is 2.62 bits per heavy atom. The number of non-ortho nitro benzene ring substituents is 1. The predicted octanol–water partition coefficient (Wildman–Crippen LogP) is 5.18. The number of nitrogens with zero attached hydrogens (tertiary/aromatic N) is 1. The van der Waals surface area contributed by atoms with Crippen LogP contribution in [0, 0.1) is 10.1 Å². The first-order chi connectivity index (χ1) is 11.3. The highest BCUT2D eigenvalue weighted by atomic mass is 79.9. The van der Waals surface area contributed by atoms with Gasteiger partial charge in [-0.25, -0.2) is 0 Å². The van der Waals surface area contributed by atoms with Crippen molar-refractivity contribution in [3.63, 3.8) is 0 Å². The fourth-order valence-electron chi connectivity index (χ4n) is 1.77. The van der Waals surface area contributed by atoms with Gasteiger partial charge in [0, 0.05) is 16.6 Å². The molecular formula is C15H11Br2ClN2O4. The van der Waals surface area contributed by atoms with Gasteiger partial charge in [0.25, 0.3) is 11.6 Å². The van der Waals surface area contributed by atoms with Crippen LogP contribution in [0.2, 0.25) is 5.02 Å². The smallest absolute Gasteiger partial charge is 0.271 e. The highest BCUT2D eigenvalue weighted by Gasteiger charge is 2.19. The van der Waals surface area contributed by atoms with Crippen molar-refractivity contribution in [2.45, 2.75) is 13.0 Å². The van der Waals surface area contributed by atoms with Gasteiger partial charge >= 0.3 is 0 Å². The maximum Gasteiger partial charge on any atom is 0.271 e. The number of hydrogen-bond donors (Lipinski definition) is 1. The van der Waals surface area contributed by atoms with Crippen LogP contribution in [0.1, 0.15) is 6.92 Å². The number of nitro groups is 1. The number of benzene rings is 2. The first-order valence-corrected chi connectivity index (χ1v) is 8.61. The Bertz CT molecular complexity index is 801. The summed E-state index contributed by atoms with van der Waals surface area (Å²) in [6.45, 7) is 1.56. The number of carbonyl (C=O) groups is 1. The normalized spacial score (nSPS) is 11.7. The number of halogens is 3.